The van der Waals surface area contributed by atoms with Crippen molar-refractivity contribution >= 4 is 23.3 Å². The zero-order valence-corrected chi connectivity index (χ0v) is 31.6. The summed E-state index contributed by atoms with van der Waals surface area (Å²) < 4.78 is 21.6. The monoisotopic (exact) mass is 790 g/mol. The molecule has 2 atom stereocenters. The number of rotatable bonds is 14. The Labute approximate surface area is 328 Å². The van der Waals surface area contributed by atoms with Crippen molar-refractivity contribution in [3.8, 4) is 23.0 Å². The van der Waals surface area contributed by atoms with Crippen LogP contribution >= 0.6 is 0 Å². The Hall–Kier alpha value is -6.30. The minimum absolute atomic E-state index is 0.0748. The lowest BCUT2D eigenvalue weighted by Gasteiger charge is -2.23. The molecule has 4 aromatic rings. The lowest BCUT2D eigenvalue weighted by molar-refractivity contribution is -0.385. The molecule has 1 amide bonds. The number of carboxylic acids is 1. The molecule has 0 aliphatic carbocycles. The summed E-state index contributed by atoms with van der Waals surface area (Å²) in [7, 11) is 2.75. The smallest absolute Gasteiger partial charge is 0.342 e. The van der Waals surface area contributed by atoms with Gasteiger partial charge in [0.2, 0.25) is 0 Å². The van der Waals surface area contributed by atoms with E-state index in [1.807, 2.05) is 60.7 Å². The van der Waals surface area contributed by atoms with Crippen LogP contribution in [0.15, 0.2) is 84.9 Å². The second-order valence-electron chi connectivity index (χ2n) is 12.9. The van der Waals surface area contributed by atoms with Crippen molar-refractivity contribution in [2.24, 2.45) is 0 Å². The number of carbonyl (C=O) groups excluding carboxylic acids is 1. The molecule has 2 aliphatic heterocycles. The molecule has 17 heteroatoms. The number of nitrogens with one attached hydrogen (secondary N) is 1. The van der Waals surface area contributed by atoms with E-state index in [1.165, 1.54) is 37.7 Å². The summed E-state index contributed by atoms with van der Waals surface area (Å²) in [6.45, 7) is 2.07. The molecular formula is C40H46N4O13. The maximum atomic E-state index is 12.9. The number of methoxy groups -OCH3 is 2. The van der Waals surface area contributed by atoms with Gasteiger partial charge in [-0.25, -0.2) is 4.79 Å². The van der Waals surface area contributed by atoms with Gasteiger partial charge in [0.15, 0.2) is 23.0 Å². The molecule has 304 valence electrons. The van der Waals surface area contributed by atoms with Gasteiger partial charge in [0.1, 0.15) is 24.3 Å². The zero-order chi connectivity index (χ0) is 41.3. The molecule has 0 bridgehead atoms. The number of amides is 1. The number of nitro benzene ring substituents is 2. The van der Waals surface area contributed by atoms with Gasteiger partial charge >= 0.3 is 5.97 Å². The molecular weight excluding hydrogens is 744 g/mol. The fourth-order valence-corrected chi connectivity index (χ4v) is 6.12. The summed E-state index contributed by atoms with van der Waals surface area (Å²) in [6.07, 6.45) is 3.80. The molecule has 2 aliphatic rings. The molecule has 2 fully saturated rings. The van der Waals surface area contributed by atoms with E-state index in [0.717, 1.165) is 42.6 Å². The predicted octanol–water partition coefficient (Wildman–Crippen LogP) is 5.39. The molecule has 6 rings (SSSR count). The van der Waals surface area contributed by atoms with Gasteiger partial charge < -0.3 is 44.5 Å². The Morgan fingerprint density at radius 3 is 1.65 bits per heavy atom. The first-order valence-electron chi connectivity index (χ1n) is 18.1. The summed E-state index contributed by atoms with van der Waals surface area (Å²) in [6, 6.07) is 23.4. The van der Waals surface area contributed by atoms with E-state index in [0.29, 0.717) is 25.6 Å². The van der Waals surface area contributed by atoms with Gasteiger partial charge in [0, 0.05) is 24.7 Å². The van der Waals surface area contributed by atoms with E-state index >= 15 is 0 Å². The van der Waals surface area contributed by atoms with Crippen LogP contribution in [-0.2, 0) is 13.2 Å². The van der Waals surface area contributed by atoms with Crippen molar-refractivity contribution < 1.29 is 53.7 Å². The fraction of sp³-hybridized carbons (Fsp3) is 0.350. The highest BCUT2D eigenvalue weighted by Crippen LogP contribution is 2.37. The quantitative estimate of drug-likeness (QED) is 0.0927. The van der Waals surface area contributed by atoms with E-state index in [4.69, 9.17) is 29.2 Å². The van der Waals surface area contributed by atoms with Crippen LogP contribution in [0, 0.1) is 20.2 Å². The Bertz CT molecular complexity index is 1960. The molecule has 4 aromatic carbocycles. The van der Waals surface area contributed by atoms with Gasteiger partial charge in [-0.3, -0.25) is 25.0 Å². The first-order valence-corrected chi connectivity index (χ1v) is 18.1. The van der Waals surface area contributed by atoms with Crippen LogP contribution in [0.1, 0.15) is 57.5 Å². The Morgan fingerprint density at radius 2 is 1.25 bits per heavy atom. The topological polar surface area (TPSA) is 233 Å². The summed E-state index contributed by atoms with van der Waals surface area (Å²) in [5, 5.41) is 52.8. The molecule has 0 aromatic heterocycles. The SMILES string of the molecule is COc1cc(C(=O)N2CCC[C@H]2CO)c([N+](=O)[O-])cc1OCc1ccccc1.COc1cc(C(=O)O)c([N+](=O)[O-])cc1OCc1ccccc1.OC[C@@H]1CCCN1. The summed E-state index contributed by atoms with van der Waals surface area (Å²) in [5.74, 6) is -1.22. The van der Waals surface area contributed by atoms with Crippen molar-refractivity contribution in [2.75, 3.05) is 40.5 Å². The molecule has 0 radical (unpaired) electrons. The molecule has 0 spiro atoms. The minimum atomic E-state index is -1.40. The highest BCUT2D eigenvalue weighted by molar-refractivity contribution is 5.99. The van der Waals surface area contributed by atoms with Gasteiger partial charge in [0.25, 0.3) is 17.3 Å². The number of hydrogen-bond donors (Lipinski definition) is 4. The van der Waals surface area contributed by atoms with Crippen molar-refractivity contribution in [3.05, 3.63) is 127 Å². The molecule has 57 heavy (non-hydrogen) atoms. The number of ether oxygens (including phenoxy) is 4. The van der Waals surface area contributed by atoms with Crippen LogP contribution in [0.2, 0.25) is 0 Å². The largest absolute Gasteiger partial charge is 0.493 e. The van der Waals surface area contributed by atoms with Crippen LogP contribution < -0.4 is 24.3 Å². The maximum absolute atomic E-state index is 12.9. The fourth-order valence-electron chi connectivity index (χ4n) is 6.12. The number of aliphatic hydroxyl groups excluding tert-OH is 2. The number of likely N-dealkylation sites (tertiary alicyclic amines) is 1. The number of benzene rings is 4. The van der Waals surface area contributed by atoms with E-state index in [-0.39, 0.29) is 60.1 Å². The Morgan fingerprint density at radius 1 is 0.737 bits per heavy atom. The second-order valence-corrected chi connectivity index (χ2v) is 12.9. The van der Waals surface area contributed by atoms with Crippen molar-refractivity contribution in [2.45, 2.75) is 51.0 Å². The maximum Gasteiger partial charge on any atom is 0.342 e. The molecule has 4 N–H and O–H groups in total. The van der Waals surface area contributed by atoms with Gasteiger partial charge in [0.05, 0.1) is 55.5 Å². The number of aromatic carboxylic acids is 1. The Kier molecular flexibility index (Phi) is 16.5. The summed E-state index contributed by atoms with van der Waals surface area (Å²) >= 11 is 0. The number of aliphatic hydroxyl groups is 2. The standard InChI is InChI=1S/C20H22N2O6.C15H13NO6.C5H11NO/c1-27-18-10-16(20(24)21-9-5-8-15(21)12-23)17(22(25)26)11-19(18)28-13-14-6-3-2-4-7-14;1-21-13-7-11(15(17)18)12(16(19)20)8-14(13)22-9-10-5-3-2-4-6-10;7-4-5-2-1-3-6-5/h2-4,6-7,10-11,15,23H,5,8-9,12-13H2,1H3;2-8H,9H2,1H3,(H,17,18);5-7H,1-4H2/t15-;;5-/m0.0/s1. The number of hydrogen-bond acceptors (Lipinski definition) is 13. The summed E-state index contributed by atoms with van der Waals surface area (Å²) in [4.78, 5) is 46.7. The number of nitrogens with zero attached hydrogens (tertiary/aromatic N) is 3. The molecule has 2 heterocycles. The molecule has 0 saturated carbocycles. The van der Waals surface area contributed by atoms with E-state index in [1.54, 1.807) is 0 Å². The van der Waals surface area contributed by atoms with Crippen LogP contribution in [0.25, 0.3) is 0 Å². The van der Waals surface area contributed by atoms with Crippen molar-refractivity contribution in [1.29, 1.82) is 0 Å². The molecule has 0 unspecified atom stereocenters. The van der Waals surface area contributed by atoms with Gasteiger partial charge in [-0.2, -0.15) is 0 Å². The van der Waals surface area contributed by atoms with Gasteiger partial charge in [-0.15, -0.1) is 0 Å². The van der Waals surface area contributed by atoms with E-state index in [9.17, 15) is 34.9 Å². The number of nitro groups is 2. The Balaban J connectivity index is 0.000000220. The lowest BCUT2D eigenvalue weighted by Crippen LogP contribution is -2.37. The van der Waals surface area contributed by atoms with Crippen LogP contribution in [-0.4, -0.2) is 94.5 Å². The molecule has 17 nitrogen and oxygen atoms in total. The highest BCUT2D eigenvalue weighted by atomic mass is 16.6. The van der Waals surface area contributed by atoms with Crippen LogP contribution in [0.4, 0.5) is 11.4 Å². The third-order valence-electron chi connectivity index (χ3n) is 9.12. The highest BCUT2D eigenvalue weighted by Gasteiger charge is 2.34. The lowest BCUT2D eigenvalue weighted by atomic mass is 10.1. The average Bonchev–Trinajstić information content (AvgIpc) is 3.95. The number of carbonyl (C=O) groups is 2. The number of carboxylic acid groups (broad SMARTS) is 1. The summed E-state index contributed by atoms with van der Waals surface area (Å²) in [5.41, 5.74) is 0.349. The van der Waals surface area contributed by atoms with Crippen LogP contribution in [0.5, 0.6) is 23.0 Å². The third kappa shape index (κ3) is 12.1. The minimum Gasteiger partial charge on any atom is -0.493 e. The predicted molar refractivity (Wildman–Crippen MR) is 207 cm³/mol. The second kappa shape index (κ2) is 21.7. The van der Waals surface area contributed by atoms with E-state index < -0.39 is 33.0 Å². The van der Waals surface area contributed by atoms with Crippen molar-refractivity contribution in [1.82, 2.24) is 10.2 Å². The normalized spacial score (nSPS) is 15.6. The van der Waals surface area contributed by atoms with Gasteiger partial charge in [-0.1, -0.05) is 60.7 Å². The van der Waals surface area contributed by atoms with E-state index in [2.05, 4.69) is 5.32 Å². The van der Waals surface area contributed by atoms with Crippen molar-refractivity contribution in [3.63, 3.8) is 0 Å². The zero-order valence-electron chi connectivity index (χ0n) is 31.6. The van der Waals surface area contributed by atoms with Crippen LogP contribution in [0.3, 0.4) is 0 Å². The van der Waals surface area contributed by atoms with Gasteiger partial charge in [-0.05, 0) is 43.4 Å². The first kappa shape index (κ1) is 43.4. The molecule has 2 saturated heterocycles. The first-order chi connectivity index (χ1) is 27.5. The average molecular weight is 791 g/mol. The third-order valence-corrected chi connectivity index (χ3v) is 9.12.